The van der Waals surface area contributed by atoms with Crippen molar-refractivity contribution in [2.45, 2.75) is 18.1 Å². The van der Waals surface area contributed by atoms with Gasteiger partial charge in [-0.15, -0.1) is 0 Å². The first kappa shape index (κ1) is 11.9. The number of aryl methyl sites for hydroxylation is 1. The number of carboxylic acid groups (broad SMARTS) is 1. The van der Waals surface area contributed by atoms with Gasteiger partial charge in [-0.25, -0.2) is 9.97 Å². The standard InChI is InChI=1S/C9H13N3O2S/c1-6-3-11-9(12-4-6)15-5-7(10-2)8(13)14/h3-4,7,10H,5H2,1-2H3,(H,13,14). The van der Waals surface area contributed by atoms with E-state index in [1.54, 1.807) is 19.4 Å². The molecule has 1 heterocycles. The van der Waals surface area contributed by atoms with E-state index in [9.17, 15) is 4.79 Å². The Balaban J connectivity index is 2.49. The first-order chi connectivity index (χ1) is 7.13. The summed E-state index contributed by atoms with van der Waals surface area (Å²) in [4.78, 5) is 18.8. The fraction of sp³-hybridized carbons (Fsp3) is 0.444. The van der Waals surface area contributed by atoms with Crippen LogP contribution >= 0.6 is 11.8 Å². The van der Waals surface area contributed by atoms with E-state index in [-0.39, 0.29) is 0 Å². The van der Waals surface area contributed by atoms with Crippen LogP contribution in [-0.2, 0) is 4.79 Å². The lowest BCUT2D eigenvalue weighted by Crippen LogP contribution is -2.36. The second-order valence-electron chi connectivity index (χ2n) is 3.03. The largest absolute Gasteiger partial charge is 0.480 e. The second kappa shape index (κ2) is 5.67. The predicted molar refractivity (Wildman–Crippen MR) is 58.0 cm³/mol. The van der Waals surface area contributed by atoms with Gasteiger partial charge in [0.25, 0.3) is 0 Å². The molecule has 1 rings (SSSR count). The predicted octanol–water partition coefficient (Wildman–Crippen LogP) is 0.550. The number of carboxylic acids is 1. The van der Waals surface area contributed by atoms with Gasteiger partial charge < -0.3 is 10.4 Å². The number of rotatable bonds is 5. The third-order valence-electron chi connectivity index (χ3n) is 1.78. The Hall–Kier alpha value is -1.14. The maximum absolute atomic E-state index is 10.7. The van der Waals surface area contributed by atoms with Crippen LogP contribution in [0.15, 0.2) is 17.6 Å². The summed E-state index contributed by atoms with van der Waals surface area (Å²) in [6.45, 7) is 1.90. The van der Waals surface area contributed by atoms with Gasteiger partial charge in [0, 0.05) is 18.1 Å². The molecule has 0 fully saturated rings. The summed E-state index contributed by atoms with van der Waals surface area (Å²) in [5.41, 5.74) is 0.989. The molecule has 1 unspecified atom stereocenters. The average Bonchev–Trinajstić information content (AvgIpc) is 2.21. The molecule has 0 saturated carbocycles. The van der Waals surface area contributed by atoms with E-state index >= 15 is 0 Å². The van der Waals surface area contributed by atoms with Crippen LogP contribution in [-0.4, -0.2) is 39.9 Å². The summed E-state index contributed by atoms with van der Waals surface area (Å²) >= 11 is 1.32. The highest BCUT2D eigenvalue weighted by Crippen LogP contribution is 2.13. The van der Waals surface area contributed by atoms with E-state index in [1.165, 1.54) is 11.8 Å². The lowest BCUT2D eigenvalue weighted by atomic mass is 10.3. The molecule has 1 atom stereocenters. The summed E-state index contributed by atoms with van der Waals surface area (Å²) in [6.07, 6.45) is 3.43. The summed E-state index contributed by atoms with van der Waals surface area (Å²) in [6, 6.07) is -0.570. The molecule has 0 bridgehead atoms. The van der Waals surface area contributed by atoms with Crippen LogP contribution in [0.3, 0.4) is 0 Å². The molecule has 2 N–H and O–H groups in total. The fourth-order valence-corrected chi connectivity index (χ4v) is 1.77. The molecule has 0 spiro atoms. The summed E-state index contributed by atoms with van der Waals surface area (Å²) in [7, 11) is 1.62. The van der Waals surface area contributed by atoms with Gasteiger partial charge in [-0.2, -0.15) is 0 Å². The van der Waals surface area contributed by atoms with Gasteiger partial charge >= 0.3 is 5.97 Å². The van der Waals surface area contributed by atoms with Crippen LogP contribution in [0.4, 0.5) is 0 Å². The van der Waals surface area contributed by atoms with Gasteiger partial charge in [-0.05, 0) is 19.5 Å². The maximum Gasteiger partial charge on any atom is 0.321 e. The number of nitrogens with zero attached hydrogens (tertiary/aromatic N) is 2. The van der Waals surface area contributed by atoms with Gasteiger partial charge in [0.1, 0.15) is 6.04 Å². The fourth-order valence-electron chi connectivity index (χ4n) is 0.891. The van der Waals surface area contributed by atoms with Gasteiger partial charge in [-0.3, -0.25) is 4.79 Å². The lowest BCUT2D eigenvalue weighted by molar-refractivity contribution is -0.138. The third-order valence-corrected chi connectivity index (χ3v) is 2.75. The Morgan fingerprint density at radius 1 is 1.60 bits per heavy atom. The van der Waals surface area contributed by atoms with Crippen molar-refractivity contribution in [2.75, 3.05) is 12.8 Å². The number of carbonyl (C=O) groups is 1. The van der Waals surface area contributed by atoms with Crippen LogP contribution in [0.5, 0.6) is 0 Å². The summed E-state index contributed by atoms with van der Waals surface area (Å²) in [5, 5.41) is 12.1. The minimum absolute atomic E-state index is 0.412. The van der Waals surface area contributed by atoms with Gasteiger partial charge in [0.05, 0.1) is 0 Å². The van der Waals surface area contributed by atoms with Gasteiger partial charge in [-0.1, -0.05) is 11.8 Å². The van der Waals surface area contributed by atoms with Crippen molar-refractivity contribution in [3.63, 3.8) is 0 Å². The number of aromatic nitrogens is 2. The number of likely N-dealkylation sites (N-methyl/N-ethyl adjacent to an activating group) is 1. The molecule has 0 amide bonds. The van der Waals surface area contributed by atoms with Crippen LogP contribution in [0.1, 0.15) is 5.56 Å². The monoisotopic (exact) mass is 227 g/mol. The number of aliphatic carboxylic acids is 1. The van der Waals surface area contributed by atoms with Crippen molar-refractivity contribution < 1.29 is 9.90 Å². The van der Waals surface area contributed by atoms with Gasteiger partial charge in [0.15, 0.2) is 5.16 Å². The SMILES string of the molecule is CNC(CSc1ncc(C)cn1)C(=O)O. The number of nitrogens with one attached hydrogen (secondary N) is 1. The van der Waals surface area contributed by atoms with Crippen molar-refractivity contribution in [3.05, 3.63) is 18.0 Å². The number of thioether (sulfide) groups is 1. The minimum Gasteiger partial charge on any atom is -0.480 e. The zero-order valence-electron chi connectivity index (χ0n) is 8.60. The van der Waals surface area contributed by atoms with E-state index in [1.807, 2.05) is 6.92 Å². The van der Waals surface area contributed by atoms with Crippen molar-refractivity contribution in [2.24, 2.45) is 0 Å². The maximum atomic E-state index is 10.7. The van der Waals surface area contributed by atoms with Crippen LogP contribution in [0.25, 0.3) is 0 Å². The third kappa shape index (κ3) is 3.85. The first-order valence-electron chi connectivity index (χ1n) is 4.45. The highest BCUT2D eigenvalue weighted by atomic mass is 32.2. The van der Waals surface area contributed by atoms with Crippen molar-refractivity contribution in [1.29, 1.82) is 0 Å². The molecule has 0 aliphatic rings. The first-order valence-corrected chi connectivity index (χ1v) is 5.43. The summed E-state index contributed by atoms with van der Waals surface area (Å²) < 4.78 is 0. The Bertz CT molecular complexity index is 329. The van der Waals surface area contributed by atoms with Crippen molar-refractivity contribution in [3.8, 4) is 0 Å². The van der Waals surface area contributed by atoms with E-state index in [0.29, 0.717) is 10.9 Å². The summed E-state index contributed by atoms with van der Waals surface area (Å²) in [5.74, 6) is -0.452. The van der Waals surface area contributed by atoms with Crippen molar-refractivity contribution in [1.82, 2.24) is 15.3 Å². The van der Waals surface area contributed by atoms with E-state index in [2.05, 4.69) is 15.3 Å². The van der Waals surface area contributed by atoms with Gasteiger partial charge in [0.2, 0.25) is 0 Å². The molecular formula is C9H13N3O2S. The molecule has 5 nitrogen and oxygen atoms in total. The molecule has 15 heavy (non-hydrogen) atoms. The van der Waals surface area contributed by atoms with Crippen LogP contribution < -0.4 is 5.32 Å². The molecule has 0 saturated heterocycles. The normalized spacial score (nSPS) is 12.4. The van der Waals surface area contributed by atoms with Crippen LogP contribution in [0.2, 0.25) is 0 Å². The van der Waals surface area contributed by atoms with E-state index in [0.717, 1.165) is 5.56 Å². The molecule has 82 valence electrons. The average molecular weight is 227 g/mol. The minimum atomic E-state index is -0.864. The van der Waals surface area contributed by atoms with Crippen molar-refractivity contribution >= 4 is 17.7 Å². The topological polar surface area (TPSA) is 75.1 Å². The number of hydrogen-bond acceptors (Lipinski definition) is 5. The molecule has 0 aromatic carbocycles. The zero-order valence-corrected chi connectivity index (χ0v) is 9.41. The molecular weight excluding hydrogens is 214 g/mol. The Labute approximate surface area is 92.3 Å². The molecule has 0 aliphatic heterocycles. The van der Waals surface area contributed by atoms with E-state index < -0.39 is 12.0 Å². The highest BCUT2D eigenvalue weighted by molar-refractivity contribution is 7.99. The quantitative estimate of drug-likeness (QED) is 0.565. The number of hydrogen-bond donors (Lipinski definition) is 2. The Kier molecular flexibility index (Phi) is 4.51. The molecule has 1 aromatic rings. The Morgan fingerprint density at radius 3 is 2.67 bits per heavy atom. The molecule has 1 aromatic heterocycles. The smallest absolute Gasteiger partial charge is 0.321 e. The Morgan fingerprint density at radius 2 is 2.20 bits per heavy atom. The molecule has 0 radical (unpaired) electrons. The van der Waals surface area contributed by atoms with E-state index in [4.69, 9.17) is 5.11 Å². The van der Waals surface area contributed by atoms with Crippen LogP contribution in [0, 0.1) is 6.92 Å². The molecule has 0 aliphatic carbocycles. The molecule has 6 heteroatoms. The second-order valence-corrected chi connectivity index (χ2v) is 4.02. The lowest BCUT2D eigenvalue weighted by Gasteiger charge is -2.09. The zero-order chi connectivity index (χ0) is 11.3. The highest BCUT2D eigenvalue weighted by Gasteiger charge is 2.15.